The third kappa shape index (κ3) is 3.02. The summed E-state index contributed by atoms with van der Waals surface area (Å²) < 4.78 is 1.02. The molecule has 2 nitrogen and oxygen atoms in total. The first kappa shape index (κ1) is 8.72. The van der Waals surface area contributed by atoms with Gasteiger partial charge < -0.3 is 0 Å². The molecule has 58 valence electrons. The summed E-state index contributed by atoms with van der Waals surface area (Å²) >= 11 is 5.92. The van der Waals surface area contributed by atoms with Crippen molar-refractivity contribution < 1.29 is 0 Å². The second-order valence-corrected chi connectivity index (χ2v) is 4.36. The summed E-state index contributed by atoms with van der Waals surface area (Å²) in [6.07, 6.45) is 1.89. The summed E-state index contributed by atoms with van der Waals surface area (Å²) in [6, 6.07) is 3.66. The van der Waals surface area contributed by atoms with Crippen molar-refractivity contribution in [3.05, 3.63) is 29.9 Å². The van der Waals surface area contributed by atoms with E-state index in [1.165, 1.54) is 0 Å². The van der Waals surface area contributed by atoms with Gasteiger partial charge >= 0.3 is 76.6 Å². The van der Waals surface area contributed by atoms with Gasteiger partial charge in [-0.3, -0.25) is 0 Å². The van der Waals surface area contributed by atoms with E-state index in [1.54, 1.807) is 6.07 Å². The number of nitrogens with zero attached hydrogens (tertiary/aromatic N) is 2. The van der Waals surface area contributed by atoms with Crippen molar-refractivity contribution in [2.45, 2.75) is 5.32 Å². The van der Waals surface area contributed by atoms with Crippen LogP contribution in [0.2, 0.25) is 10.5 Å². The van der Waals surface area contributed by atoms with E-state index < -0.39 is 0 Å². The van der Waals surface area contributed by atoms with Crippen LogP contribution < -0.4 is 4.59 Å². The molecule has 0 atom stereocenters. The molecule has 0 amide bonds. The topological polar surface area (TPSA) is 25.8 Å². The van der Waals surface area contributed by atoms with Crippen molar-refractivity contribution in [2.75, 3.05) is 0 Å². The molecule has 1 rings (SSSR count). The van der Waals surface area contributed by atoms with Crippen molar-refractivity contribution in [1.82, 2.24) is 10.2 Å². The van der Waals surface area contributed by atoms with Crippen LogP contribution >= 0.6 is 11.6 Å². The summed E-state index contributed by atoms with van der Waals surface area (Å²) in [7, 11) is 0. The van der Waals surface area contributed by atoms with Gasteiger partial charge in [-0.15, -0.1) is 0 Å². The molecule has 0 aliphatic carbocycles. The SMILES string of the molecule is C=CC[Se]c1ccc(Cl)nn1. The summed E-state index contributed by atoms with van der Waals surface area (Å²) in [4.78, 5) is 0. The van der Waals surface area contributed by atoms with Crippen molar-refractivity contribution in [3.8, 4) is 0 Å². The Morgan fingerprint density at radius 1 is 1.55 bits per heavy atom. The summed E-state index contributed by atoms with van der Waals surface area (Å²) in [5.41, 5.74) is 0. The standard InChI is InChI=1S/C7H7ClN2Se/c1-2-5-11-7-4-3-6(8)9-10-7/h2-4H,1,5H2. The molecule has 0 radical (unpaired) electrons. The fourth-order valence-electron chi connectivity index (χ4n) is 0.525. The molecule has 0 fully saturated rings. The van der Waals surface area contributed by atoms with Gasteiger partial charge in [-0.2, -0.15) is 0 Å². The van der Waals surface area contributed by atoms with Gasteiger partial charge in [0.05, 0.1) is 0 Å². The second kappa shape index (κ2) is 4.50. The third-order valence-electron chi connectivity index (χ3n) is 0.957. The van der Waals surface area contributed by atoms with E-state index in [4.69, 9.17) is 11.6 Å². The quantitative estimate of drug-likeness (QED) is 0.576. The Balaban J connectivity index is 2.58. The fraction of sp³-hybridized carbons (Fsp3) is 0.143. The third-order valence-corrected chi connectivity index (χ3v) is 3.08. The van der Waals surface area contributed by atoms with Gasteiger partial charge in [0.2, 0.25) is 0 Å². The Morgan fingerprint density at radius 3 is 2.91 bits per heavy atom. The van der Waals surface area contributed by atoms with Crippen LogP contribution in [-0.2, 0) is 0 Å². The van der Waals surface area contributed by atoms with Crippen molar-refractivity contribution >= 4 is 31.2 Å². The zero-order valence-electron chi connectivity index (χ0n) is 5.83. The molecule has 0 saturated carbocycles. The monoisotopic (exact) mass is 234 g/mol. The van der Waals surface area contributed by atoms with E-state index in [0.29, 0.717) is 20.1 Å². The zero-order chi connectivity index (χ0) is 8.10. The van der Waals surface area contributed by atoms with E-state index in [0.717, 1.165) is 9.91 Å². The van der Waals surface area contributed by atoms with Crippen LogP contribution in [0.15, 0.2) is 24.8 Å². The Kier molecular flexibility index (Phi) is 3.57. The van der Waals surface area contributed by atoms with Gasteiger partial charge in [0, 0.05) is 0 Å². The van der Waals surface area contributed by atoms with Gasteiger partial charge in [-0.1, -0.05) is 0 Å². The van der Waals surface area contributed by atoms with Crippen molar-refractivity contribution in [1.29, 1.82) is 0 Å². The number of hydrogen-bond acceptors (Lipinski definition) is 2. The number of hydrogen-bond donors (Lipinski definition) is 0. The first-order valence-corrected chi connectivity index (χ1v) is 5.50. The van der Waals surface area contributed by atoms with Crippen LogP contribution in [0.25, 0.3) is 0 Å². The average molecular weight is 234 g/mol. The molecule has 0 aliphatic rings. The molecule has 0 unspecified atom stereocenters. The molecule has 0 spiro atoms. The maximum absolute atomic E-state index is 5.56. The molecule has 1 aromatic rings. The minimum absolute atomic E-state index is 0.360. The molecule has 4 heteroatoms. The van der Waals surface area contributed by atoms with Crippen LogP contribution in [0, 0.1) is 0 Å². The number of halogens is 1. The molecule has 0 N–H and O–H groups in total. The van der Waals surface area contributed by atoms with E-state index in [-0.39, 0.29) is 0 Å². The molecule has 0 saturated heterocycles. The molecule has 11 heavy (non-hydrogen) atoms. The molecule has 0 aliphatic heterocycles. The normalized spacial score (nSPS) is 9.55. The van der Waals surface area contributed by atoms with Crippen LogP contribution in [0.5, 0.6) is 0 Å². The molecule has 1 heterocycles. The molecule has 1 aromatic heterocycles. The Hall–Kier alpha value is -0.371. The Bertz CT molecular complexity index is 235. The van der Waals surface area contributed by atoms with E-state index >= 15 is 0 Å². The fourth-order valence-corrected chi connectivity index (χ4v) is 1.78. The summed E-state index contributed by atoms with van der Waals surface area (Å²) in [5.74, 6) is 0. The van der Waals surface area contributed by atoms with Gasteiger partial charge in [0.25, 0.3) is 0 Å². The van der Waals surface area contributed by atoms with Crippen molar-refractivity contribution in [3.63, 3.8) is 0 Å². The predicted octanol–water partition coefficient (Wildman–Crippen LogP) is 1.06. The van der Waals surface area contributed by atoms with Crippen LogP contribution in [0.1, 0.15) is 0 Å². The first-order valence-electron chi connectivity index (χ1n) is 3.06. The summed E-state index contributed by atoms with van der Waals surface area (Å²) in [6.45, 7) is 3.63. The first-order chi connectivity index (χ1) is 5.33. The van der Waals surface area contributed by atoms with E-state index in [9.17, 15) is 0 Å². The predicted molar refractivity (Wildman–Crippen MR) is 47.4 cm³/mol. The molecule has 0 bridgehead atoms. The van der Waals surface area contributed by atoms with Gasteiger partial charge in [-0.05, 0) is 0 Å². The van der Waals surface area contributed by atoms with Crippen LogP contribution in [-0.4, -0.2) is 25.2 Å². The van der Waals surface area contributed by atoms with Crippen LogP contribution in [0.3, 0.4) is 0 Å². The van der Waals surface area contributed by atoms with Crippen LogP contribution in [0.4, 0.5) is 0 Å². The molecular formula is C7H7ClN2Se. The second-order valence-electron chi connectivity index (χ2n) is 1.79. The number of allylic oxidation sites excluding steroid dienone is 1. The van der Waals surface area contributed by atoms with E-state index in [2.05, 4.69) is 16.8 Å². The maximum atomic E-state index is 5.56. The Labute approximate surface area is 76.8 Å². The van der Waals surface area contributed by atoms with Gasteiger partial charge in [0.1, 0.15) is 0 Å². The van der Waals surface area contributed by atoms with E-state index in [1.807, 2.05) is 12.1 Å². The zero-order valence-corrected chi connectivity index (χ0v) is 8.30. The molecule has 0 aromatic carbocycles. The van der Waals surface area contributed by atoms with Crippen molar-refractivity contribution in [2.24, 2.45) is 0 Å². The number of rotatable bonds is 3. The Morgan fingerprint density at radius 2 is 2.36 bits per heavy atom. The minimum atomic E-state index is 0.360. The average Bonchev–Trinajstić information content (AvgIpc) is 2.04. The summed E-state index contributed by atoms with van der Waals surface area (Å²) in [5, 5.41) is 9.08. The molecular weight excluding hydrogens is 227 g/mol. The number of aromatic nitrogens is 2. The van der Waals surface area contributed by atoms with Gasteiger partial charge in [0.15, 0.2) is 0 Å². The van der Waals surface area contributed by atoms with Gasteiger partial charge in [-0.25, -0.2) is 0 Å².